The van der Waals surface area contributed by atoms with Crippen LogP contribution in [0, 0.1) is 11.3 Å². The van der Waals surface area contributed by atoms with E-state index in [1.807, 2.05) is 0 Å². The summed E-state index contributed by atoms with van der Waals surface area (Å²) in [5.41, 5.74) is -0.939. The highest BCUT2D eigenvalue weighted by atomic mass is 79.9. The Labute approximate surface area is 80.1 Å². The summed E-state index contributed by atoms with van der Waals surface area (Å²) in [7, 11) is 0. The molecule has 1 rings (SSSR count). The minimum Gasteiger partial charge on any atom is -0.245 e. The third kappa shape index (κ3) is 2.18. The maximum Gasteiger partial charge on any atom is 0.418 e. The molecule has 0 fully saturated rings. The van der Waals surface area contributed by atoms with Gasteiger partial charge < -0.3 is 0 Å². The molecule has 0 radical (unpaired) electrons. The second-order valence-corrected chi connectivity index (χ2v) is 3.01. The molecule has 0 aliphatic heterocycles. The van der Waals surface area contributed by atoms with Crippen LogP contribution < -0.4 is 0 Å². The highest BCUT2D eigenvalue weighted by Crippen LogP contribution is 2.34. The smallest absolute Gasteiger partial charge is 0.245 e. The molecule has 1 aromatic rings. The van der Waals surface area contributed by atoms with E-state index in [1.54, 1.807) is 6.07 Å². The fourth-order valence-corrected chi connectivity index (χ4v) is 1.24. The van der Waals surface area contributed by atoms with Gasteiger partial charge in [-0.3, -0.25) is 0 Å². The number of nitrogens with zero attached hydrogens (tertiary/aromatic N) is 2. The fourth-order valence-electron chi connectivity index (χ4n) is 0.701. The summed E-state index contributed by atoms with van der Waals surface area (Å²) in [4.78, 5) is 3.31. The first-order valence-electron chi connectivity index (χ1n) is 3.08. The first kappa shape index (κ1) is 9.99. The van der Waals surface area contributed by atoms with Gasteiger partial charge in [-0.25, -0.2) is 4.98 Å². The van der Waals surface area contributed by atoms with E-state index in [0.717, 1.165) is 6.07 Å². The number of halogens is 4. The number of hydrogen-bond acceptors (Lipinski definition) is 2. The van der Waals surface area contributed by atoms with Crippen LogP contribution in [0.3, 0.4) is 0 Å². The van der Waals surface area contributed by atoms with Crippen molar-refractivity contribution in [1.82, 2.24) is 4.98 Å². The molecule has 0 aliphatic carbocycles. The van der Waals surface area contributed by atoms with Crippen molar-refractivity contribution < 1.29 is 13.2 Å². The van der Waals surface area contributed by atoms with Crippen LogP contribution in [0.15, 0.2) is 16.7 Å². The van der Waals surface area contributed by atoms with Crippen LogP contribution in [0.5, 0.6) is 0 Å². The third-order valence-electron chi connectivity index (χ3n) is 1.27. The van der Waals surface area contributed by atoms with Gasteiger partial charge in [0.15, 0.2) is 0 Å². The van der Waals surface area contributed by atoms with Gasteiger partial charge in [-0.2, -0.15) is 18.4 Å². The molecular formula is C7H2BrF3N2. The molecule has 1 heterocycles. The van der Waals surface area contributed by atoms with Crippen molar-refractivity contribution >= 4 is 15.9 Å². The molecule has 0 saturated heterocycles. The van der Waals surface area contributed by atoms with Gasteiger partial charge >= 0.3 is 6.18 Å². The average molecular weight is 251 g/mol. The van der Waals surface area contributed by atoms with E-state index in [2.05, 4.69) is 20.9 Å². The predicted molar refractivity (Wildman–Crippen MR) is 41.7 cm³/mol. The number of alkyl halides is 3. The van der Waals surface area contributed by atoms with Gasteiger partial charge in [0.1, 0.15) is 11.8 Å². The number of nitriles is 1. The third-order valence-corrected chi connectivity index (χ3v) is 1.93. The average Bonchev–Trinajstić information content (AvgIpc) is 2.01. The molecule has 1 aromatic heterocycles. The first-order valence-corrected chi connectivity index (χ1v) is 3.87. The first-order chi connectivity index (χ1) is 5.95. The number of aromatic nitrogens is 1. The van der Waals surface area contributed by atoms with Crippen LogP contribution in [-0.2, 0) is 6.18 Å². The maximum atomic E-state index is 12.1. The monoisotopic (exact) mass is 250 g/mol. The van der Waals surface area contributed by atoms with Crippen LogP contribution >= 0.6 is 15.9 Å². The van der Waals surface area contributed by atoms with Crippen molar-refractivity contribution in [1.29, 1.82) is 5.26 Å². The standard InChI is InChI=1S/C7H2BrF3N2/c8-6-1-4(2-12)13-3-5(6)7(9,10)11/h1,3H. The Balaban J connectivity index is 3.23. The Bertz CT molecular complexity index is 367. The molecule has 0 unspecified atom stereocenters. The van der Waals surface area contributed by atoms with Gasteiger partial charge in [0, 0.05) is 10.7 Å². The van der Waals surface area contributed by atoms with E-state index in [-0.39, 0.29) is 10.2 Å². The summed E-state index contributed by atoms with van der Waals surface area (Å²) in [6.45, 7) is 0. The van der Waals surface area contributed by atoms with Crippen molar-refractivity contribution in [3.8, 4) is 6.07 Å². The summed E-state index contributed by atoms with van der Waals surface area (Å²) < 4.78 is 36.2. The molecule has 2 nitrogen and oxygen atoms in total. The SMILES string of the molecule is N#Cc1cc(Br)c(C(F)(F)F)cn1. The fraction of sp³-hybridized carbons (Fsp3) is 0.143. The summed E-state index contributed by atoms with van der Waals surface area (Å²) in [6, 6.07) is 2.67. The molecule has 0 saturated carbocycles. The van der Waals surface area contributed by atoms with Gasteiger partial charge in [-0.05, 0) is 6.07 Å². The molecule has 0 aromatic carbocycles. The molecule has 0 amide bonds. The van der Waals surface area contributed by atoms with Crippen LogP contribution in [-0.4, -0.2) is 4.98 Å². The van der Waals surface area contributed by atoms with E-state index in [0.29, 0.717) is 6.20 Å². The molecule has 0 N–H and O–H groups in total. The van der Waals surface area contributed by atoms with E-state index >= 15 is 0 Å². The normalized spacial score (nSPS) is 11.0. The van der Waals surface area contributed by atoms with Crippen molar-refractivity contribution in [3.63, 3.8) is 0 Å². The molecule has 0 spiro atoms. The number of rotatable bonds is 0. The molecule has 13 heavy (non-hydrogen) atoms. The minimum absolute atomic E-state index is 0.0557. The lowest BCUT2D eigenvalue weighted by molar-refractivity contribution is -0.138. The van der Waals surface area contributed by atoms with Crippen molar-refractivity contribution in [2.45, 2.75) is 6.18 Å². The molecule has 6 heteroatoms. The van der Waals surface area contributed by atoms with Crippen LogP contribution in [0.1, 0.15) is 11.3 Å². The van der Waals surface area contributed by atoms with Crippen molar-refractivity contribution in [2.75, 3.05) is 0 Å². The Hall–Kier alpha value is -1.09. The van der Waals surface area contributed by atoms with Crippen molar-refractivity contribution in [3.05, 3.63) is 28.0 Å². The highest BCUT2D eigenvalue weighted by molar-refractivity contribution is 9.10. The highest BCUT2D eigenvalue weighted by Gasteiger charge is 2.33. The lowest BCUT2D eigenvalue weighted by Gasteiger charge is -2.07. The summed E-state index contributed by atoms with van der Waals surface area (Å²) in [6.07, 6.45) is -3.82. The molecule has 0 atom stereocenters. The second-order valence-electron chi connectivity index (χ2n) is 2.16. The molecule has 0 aliphatic rings. The lowest BCUT2D eigenvalue weighted by atomic mass is 10.2. The van der Waals surface area contributed by atoms with E-state index in [9.17, 15) is 13.2 Å². The van der Waals surface area contributed by atoms with Gasteiger partial charge in [-0.1, -0.05) is 15.9 Å². The number of hydrogen-bond donors (Lipinski definition) is 0. The van der Waals surface area contributed by atoms with Gasteiger partial charge in [-0.15, -0.1) is 0 Å². The predicted octanol–water partition coefficient (Wildman–Crippen LogP) is 2.73. The molecule has 0 bridgehead atoms. The summed E-state index contributed by atoms with van der Waals surface area (Å²) in [5.74, 6) is 0. The van der Waals surface area contributed by atoms with E-state index in [1.165, 1.54) is 0 Å². The summed E-state index contributed by atoms with van der Waals surface area (Å²) in [5, 5.41) is 8.34. The molecule has 68 valence electrons. The summed E-state index contributed by atoms with van der Waals surface area (Å²) >= 11 is 2.71. The lowest BCUT2D eigenvalue weighted by Crippen LogP contribution is -2.06. The van der Waals surface area contributed by atoms with Crippen LogP contribution in [0.4, 0.5) is 13.2 Å². The Morgan fingerprint density at radius 2 is 2.08 bits per heavy atom. The van der Waals surface area contributed by atoms with Gasteiger partial charge in [0.25, 0.3) is 0 Å². The molecular weight excluding hydrogens is 249 g/mol. The van der Waals surface area contributed by atoms with Gasteiger partial charge in [0.2, 0.25) is 0 Å². The topological polar surface area (TPSA) is 36.7 Å². The number of pyridine rings is 1. The Morgan fingerprint density at radius 3 is 2.46 bits per heavy atom. The minimum atomic E-state index is -4.44. The zero-order valence-electron chi connectivity index (χ0n) is 6.06. The Morgan fingerprint density at radius 1 is 1.46 bits per heavy atom. The maximum absolute atomic E-state index is 12.1. The zero-order chi connectivity index (χ0) is 10.1. The van der Waals surface area contributed by atoms with Crippen molar-refractivity contribution in [2.24, 2.45) is 0 Å². The largest absolute Gasteiger partial charge is 0.418 e. The van der Waals surface area contributed by atoms with Crippen LogP contribution in [0.25, 0.3) is 0 Å². The Kier molecular flexibility index (Phi) is 2.57. The van der Waals surface area contributed by atoms with E-state index in [4.69, 9.17) is 5.26 Å². The second kappa shape index (κ2) is 3.34. The zero-order valence-corrected chi connectivity index (χ0v) is 7.65. The van der Waals surface area contributed by atoms with Gasteiger partial charge in [0.05, 0.1) is 5.56 Å². The van der Waals surface area contributed by atoms with Crippen LogP contribution in [0.2, 0.25) is 0 Å². The quantitative estimate of drug-likeness (QED) is 0.710. The van der Waals surface area contributed by atoms with E-state index < -0.39 is 11.7 Å².